The van der Waals surface area contributed by atoms with Crippen molar-refractivity contribution in [2.75, 3.05) is 26.1 Å². The van der Waals surface area contributed by atoms with E-state index in [0.717, 1.165) is 0 Å². The van der Waals surface area contributed by atoms with Crippen molar-refractivity contribution in [3.8, 4) is 17.2 Å². The van der Waals surface area contributed by atoms with Crippen LogP contribution in [0, 0.1) is 0 Å². The maximum absolute atomic E-state index is 12.0. The molecule has 0 spiro atoms. The van der Waals surface area contributed by atoms with Gasteiger partial charge in [0.1, 0.15) is 17.2 Å². The largest absolute Gasteiger partial charge is 0.508 e. The second kappa shape index (κ2) is 8.25. The molecular weight excluding hydrogens is 350 g/mol. The fourth-order valence-electron chi connectivity index (χ4n) is 1.96. The Morgan fingerprint density at radius 2 is 1.72 bits per heavy atom. The number of anilines is 1. The molecule has 0 radical (unpaired) electrons. The molecule has 0 aliphatic carbocycles. The van der Waals surface area contributed by atoms with Crippen molar-refractivity contribution in [1.82, 2.24) is 0 Å². The molecule has 7 nitrogen and oxygen atoms in total. The van der Waals surface area contributed by atoms with Gasteiger partial charge in [-0.15, -0.1) is 0 Å². The number of phenols is 1. The fourth-order valence-corrected chi connectivity index (χ4v) is 2.19. The zero-order chi connectivity index (χ0) is 18.4. The minimum Gasteiger partial charge on any atom is -0.508 e. The summed E-state index contributed by atoms with van der Waals surface area (Å²) < 4.78 is 15.2. The van der Waals surface area contributed by atoms with E-state index in [2.05, 4.69) is 5.32 Å². The third-order valence-electron chi connectivity index (χ3n) is 3.19. The quantitative estimate of drug-likeness (QED) is 0.764. The summed E-state index contributed by atoms with van der Waals surface area (Å²) >= 11 is 5.99. The van der Waals surface area contributed by atoms with E-state index in [1.165, 1.54) is 50.6 Å². The van der Waals surface area contributed by atoms with Crippen LogP contribution in [0.3, 0.4) is 0 Å². The van der Waals surface area contributed by atoms with E-state index in [1.54, 1.807) is 0 Å². The molecule has 1 amide bonds. The number of hydrogen-bond donors (Lipinski definition) is 2. The van der Waals surface area contributed by atoms with Crippen LogP contribution in [-0.4, -0.2) is 37.8 Å². The Labute approximate surface area is 149 Å². The average Bonchev–Trinajstić information content (AvgIpc) is 2.61. The number of benzene rings is 2. The summed E-state index contributed by atoms with van der Waals surface area (Å²) in [6, 6.07) is 8.48. The molecule has 2 aromatic carbocycles. The van der Waals surface area contributed by atoms with Gasteiger partial charge in [0.2, 0.25) is 0 Å². The van der Waals surface area contributed by atoms with Gasteiger partial charge in [-0.25, -0.2) is 4.79 Å². The zero-order valence-electron chi connectivity index (χ0n) is 13.5. The number of methoxy groups -OCH3 is 2. The number of hydrogen-bond acceptors (Lipinski definition) is 6. The van der Waals surface area contributed by atoms with Gasteiger partial charge in [-0.2, -0.15) is 0 Å². The third-order valence-corrected chi connectivity index (χ3v) is 3.48. The van der Waals surface area contributed by atoms with Crippen molar-refractivity contribution >= 4 is 29.2 Å². The van der Waals surface area contributed by atoms with Gasteiger partial charge in [-0.3, -0.25) is 4.79 Å². The molecule has 0 atom stereocenters. The topological polar surface area (TPSA) is 94.1 Å². The Bertz CT molecular complexity index is 775. The lowest BCUT2D eigenvalue weighted by Crippen LogP contribution is -2.21. The number of ether oxygens (including phenoxy) is 3. The highest BCUT2D eigenvalue weighted by Gasteiger charge is 2.14. The van der Waals surface area contributed by atoms with Gasteiger partial charge in [0.25, 0.3) is 5.91 Å². The molecule has 2 rings (SSSR count). The van der Waals surface area contributed by atoms with Gasteiger partial charge in [-0.1, -0.05) is 11.6 Å². The van der Waals surface area contributed by atoms with Crippen molar-refractivity contribution in [3.63, 3.8) is 0 Å². The number of phenolic OH excluding ortho intramolecular Hbond substituents is 1. The van der Waals surface area contributed by atoms with Crippen molar-refractivity contribution < 1.29 is 28.9 Å². The lowest BCUT2D eigenvalue weighted by molar-refractivity contribution is -0.119. The number of carbonyl (C=O) groups is 2. The molecule has 0 aliphatic rings. The molecule has 132 valence electrons. The van der Waals surface area contributed by atoms with Gasteiger partial charge in [0.15, 0.2) is 6.61 Å². The summed E-state index contributed by atoms with van der Waals surface area (Å²) in [4.78, 5) is 23.8. The lowest BCUT2D eigenvalue weighted by atomic mass is 10.2. The molecule has 8 heteroatoms. The Hall–Kier alpha value is -2.93. The Morgan fingerprint density at radius 3 is 2.32 bits per heavy atom. The molecule has 0 saturated heterocycles. The van der Waals surface area contributed by atoms with Crippen molar-refractivity contribution in [2.45, 2.75) is 0 Å². The van der Waals surface area contributed by atoms with Gasteiger partial charge in [-0.05, 0) is 24.3 Å². The van der Waals surface area contributed by atoms with E-state index in [1.807, 2.05) is 0 Å². The van der Waals surface area contributed by atoms with Gasteiger partial charge < -0.3 is 24.6 Å². The van der Waals surface area contributed by atoms with Crippen LogP contribution in [0.15, 0.2) is 36.4 Å². The van der Waals surface area contributed by atoms with Gasteiger partial charge in [0.05, 0.1) is 30.5 Å². The summed E-state index contributed by atoms with van der Waals surface area (Å²) in [6.07, 6.45) is 0. The fraction of sp³-hybridized carbons (Fsp3) is 0.176. The number of carbonyl (C=O) groups excluding carboxylic acids is 2. The summed E-state index contributed by atoms with van der Waals surface area (Å²) in [7, 11) is 2.87. The van der Waals surface area contributed by atoms with E-state index in [9.17, 15) is 14.7 Å². The summed E-state index contributed by atoms with van der Waals surface area (Å²) in [5, 5.41) is 12.1. The van der Waals surface area contributed by atoms with Crippen LogP contribution < -0.4 is 14.8 Å². The molecule has 0 bridgehead atoms. The normalized spacial score (nSPS) is 10.0. The lowest BCUT2D eigenvalue weighted by Gasteiger charge is -2.13. The first kappa shape index (κ1) is 18.4. The van der Waals surface area contributed by atoms with Crippen LogP contribution in [0.4, 0.5) is 5.69 Å². The number of amides is 1. The van der Waals surface area contributed by atoms with Gasteiger partial charge in [0, 0.05) is 12.1 Å². The molecule has 2 aromatic rings. The van der Waals surface area contributed by atoms with Crippen LogP contribution in [0.2, 0.25) is 5.02 Å². The van der Waals surface area contributed by atoms with Crippen molar-refractivity contribution in [1.29, 1.82) is 0 Å². The molecular formula is C17H16ClNO6. The van der Waals surface area contributed by atoms with Crippen LogP contribution in [0.1, 0.15) is 10.4 Å². The Morgan fingerprint density at radius 1 is 1.08 bits per heavy atom. The number of nitrogens with one attached hydrogen (secondary N) is 1. The van der Waals surface area contributed by atoms with E-state index in [0.29, 0.717) is 22.2 Å². The molecule has 2 N–H and O–H groups in total. The highest BCUT2D eigenvalue weighted by molar-refractivity contribution is 6.32. The number of esters is 1. The minimum absolute atomic E-state index is 0.0260. The molecule has 0 heterocycles. The van der Waals surface area contributed by atoms with Crippen LogP contribution in [-0.2, 0) is 9.53 Å². The predicted octanol–water partition coefficient (Wildman–Crippen LogP) is 2.86. The maximum atomic E-state index is 12.0. The third kappa shape index (κ3) is 4.77. The maximum Gasteiger partial charge on any atom is 0.338 e. The predicted molar refractivity (Wildman–Crippen MR) is 91.6 cm³/mol. The zero-order valence-corrected chi connectivity index (χ0v) is 14.3. The summed E-state index contributed by atoms with van der Waals surface area (Å²) in [6.45, 7) is -0.492. The molecule has 0 aliphatic heterocycles. The van der Waals surface area contributed by atoms with Crippen molar-refractivity contribution in [3.05, 3.63) is 47.0 Å². The average molecular weight is 366 g/mol. The molecule has 0 unspecified atom stereocenters. The second-order valence-corrected chi connectivity index (χ2v) is 5.27. The SMILES string of the molecule is COc1cc(NC(=O)COC(=O)c2ccc(O)cc2)c(OC)cc1Cl. The van der Waals surface area contributed by atoms with E-state index >= 15 is 0 Å². The number of rotatable bonds is 6. The second-order valence-electron chi connectivity index (χ2n) is 4.86. The first-order valence-corrected chi connectivity index (χ1v) is 7.50. The van der Waals surface area contributed by atoms with Crippen LogP contribution in [0.5, 0.6) is 17.2 Å². The summed E-state index contributed by atoms with van der Waals surface area (Å²) in [5.74, 6) is -0.522. The first-order chi connectivity index (χ1) is 11.9. The monoisotopic (exact) mass is 365 g/mol. The minimum atomic E-state index is -0.684. The van der Waals surface area contributed by atoms with E-state index in [4.69, 9.17) is 25.8 Å². The van der Waals surface area contributed by atoms with E-state index < -0.39 is 18.5 Å². The number of aromatic hydroxyl groups is 1. The molecule has 0 aromatic heterocycles. The Kier molecular flexibility index (Phi) is 6.08. The van der Waals surface area contributed by atoms with Crippen LogP contribution >= 0.6 is 11.6 Å². The van der Waals surface area contributed by atoms with Gasteiger partial charge >= 0.3 is 5.97 Å². The van der Waals surface area contributed by atoms with Crippen LogP contribution in [0.25, 0.3) is 0 Å². The number of halogens is 1. The highest BCUT2D eigenvalue weighted by Crippen LogP contribution is 2.35. The molecule has 0 saturated carbocycles. The van der Waals surface area contributed by atoms with Crippen molar-refractivity contribution in [2.24, 2.45) is 0 Å². The molecule has 25 heavy (non-hydrogen) atoms. The first-order valence-electron chi connectivity index (χ1n) is 7.12. The standard InChI is InChI=1S/C17H16ClNO6/c1-23-14-8-13(15(24-2)7-12(14)18)19-16(21)9-25-17(22)10-3-5-11(20)6-4-10/h3-8,20H,9H2,1-2H3,(H,19,21). The molecule has 0 fully saturated rings. The van der Waals surface area contributed by atoms with E-state index in [-0.39, 0.29) is 11.3 Å². The smallest absolute Gasteiger partial charge is 0.338 e. The Balaban J connectivity index is 2.00. The highest BCUT2D eigenvalue weighted by atomic mass is 35.5. The summed E-state index contributed by atoms with van der Waals surface area (Å²) in [5.41, 5.74) is 0.547.